The first-order valence-electron chi connectivity index (χ1n) is 5.74. The van der Waals surface area contributed by atoms with E-state index < -0.39 is 6.10 Å². The zero-order valence-electron chi connectivity index (χ0n) is 10.6. The average molecular weight is 229 g/mol. The Morgan fingerprint density at radius 2 is 1.94 bits per heavy atom. The normalized spacial score (nSPS) is 29.2. The van der Waals surface area contributed by atoms with Crippen molar-refractivity contribution >= 4 is 5.91 Å². The van der Waals surface area contributed by atoms with Gasteiger partial charge in [-0.1, -0.05) is 0 Å². The molecule has 0 aromatic rings. The minimum atomic E-state index is -0.497. The van der Waals surface area contributed by atoms with Crippen LogP contribution in [0.2, 0.25) is 0 Å². The second kappa shape index (κ2) is 5.61. The van der Waals surface area contributed by atoms with Crippen molar-refractivity contribution < 1.29 is 9.53 Å². The molecule has 5 nitrogen and oxygen atoms in total. The minimum absolute atomic E-state index is 0.0109. The number of hydrogen-bond acceptors (Lipinski definition) is 4. The average Bonchev–Trinajstić information content (AvgIpc) is 2.26. The van der Waals surface area contributed by atoms with Gasteiger partial charge in [0.2, 0.25) is 0 Å². The van der Waals surface area contributed by atoms with E-state index in [0.29, 0.717) is 12.1 Å². The molecule has 1 amide bonds. The van der Waals surface area contributed by atoms with Gasteiger partial charge in [-0.05, 0) is 20.9 Å². The fraction of sp³-hybridized carbons (Fsp3) is 0.909. The van der Waals surface area contributed by atoms with Gasteiger partial charge >= 0.3 is 0 Å². The van der Waals surface area contributed by atoms with E-state index in [2.05, 4.69) is 25.8 Å². The van der Waals surface area contributed by atoms with Crippen molar-refractivity contribution in [1.82, 2.24) is 9.80 Å². The van der Waals surface area contributed by atoms with Crippen LogP contribution in [0.5, 0.6) is 0 Å². The van der Waals surface area contributed by atoms with Gasteiger partial charge in [-0.25, -0.2) is 0 Å². The molecular weight excluding hydrogens is 206 g/mol. The summed E-state index contributed by atoms with van der Waals surface area (Å²) in [4.78, 5) is 16.2. The highest BCUT2D eigenvalue weighted by molar-refractivity contribution is 5.81. The largest absolute Gasteiger partial charge is 0.370 e. The Kier molecular flexibility index (Phi) is 4.70. The van der Waals surface area contributed by atoms with Crippen LogP contribution in [0.4, 0.5) is 0 Å². The van der Waals surface area contributed by atoms with Gasteiger partial charge in [-0.15, -0.1) is 0 Å². The predicted octanol–water partition coefficient (Wildman–Crippen LogP) is -0.489. The van der Waals surface area contributed by atoms with Gasteiger partial charge < -0.3 is 15.4 Å². The number of hydrogen-bond donors (Lipinski definition) is 1. The molecule has 5 heteroatoms. The van der Waals surface area contributed by atoms with E-state index in [1.54, 1.807) is 0 Å². The highest BCUT2D eigenvalue weighted by atomic mass is 16.5. The van der Waals surface area contributed by atoms with Gasteiger partial charge in [-0.2, -0.15) is 0 Å². The van der Waals surface area contributed by atoms with Crippen LogP contribution in [-0.2, 0) is 9.53 Å². The van der Waals surface area contributed by atoms with Crippen LogP contribution >= 0.6 is 0 Å². The fourth-order valence-corrected chi connectivity index (χ4v) is 2.09. The van der Waals surface area contributed by atoms with Crippen molar-refractivity contribution in [3.8, 4) is 0 Å². The second-order valence-corrected chi connectivity index (χ2v) is 4.57. The fourth-order valence-electron chi connectivity index (χ4n) is 2.09. The molecule has 0 bridgehead atoms. The smallest absolute Gasteiger partial charge is 0.253 e. The van der Waals surface area contributed by atoms with E-state index in [-0.39, 0.29) is 12.5 Å². The Bertz CT molecular complexity index is 231. The predicted molar refractivity (Wildman–Crippen MR) is 63.1 cm³/mol. The van der Waals surface area contributed by atoms with Crippen LogP contribution in [0.1, 0.15) is 13.8 Å². The molecule has 2 N–H and O–H groups in total. The number of nitrogens with zero attached hydrogens (tertiary/aromatic N) is 2. The van der Waals surface area contributed by atoms with Crippen LogP contribution in [0, 0.1) is 0 Å². The Labute approximate surface area is 97.5 Å². The number of nitrogens with two attached hydrogens (primary N) is 1. The molecule has 3 unspecified atom stereocenters. The molecular formula is C11H23N3O2. The monoisotopic (exact) mass is 229 g/mol. The summed E-state index contributed by atoms with van der Waals surface area (Å²) in [6.07, 6.45) is -0.497. The zero-order valence-corrected chi connectivity index (χ0v) is 10.6. The molecule has 1 heterocycles. The molecule has 1 saturated heterocycles. The lowest BCUT2D eigenvalue weighted by Gasteiger charge is -2.43. The Hall–Kier alpha value is -0.650. The number of carbonyl (C=O) groups is 1. The highest BCUT2D eigenvalue weighted by Crippen LogP contribution is 2.14. The molecule has 16 heavy (non-hydrogen) atoms. The maximum atomic E-state index is 12.1. The Morgan fingerprint density at radius 3 is 2.31 bits per heavy atom. The number of amides is 1. The number of rotatable bonds is 3. The molecule has 0 aromatic heterocycles. The molecule has 1 aliphatic rings. The number of carbonyl (C=O) groups excluding carboxylic acids is 1. The van der Waals surface area contributed by atoms with Crippen LogP contribution < -0.4 is 5.73 Å². The van der Waals surface area contributed by atoms with Crippen molar-refractivity contribution in [2.45, 2.75) is 32.0 Å². The maximum absolute atomic E-state index is 12.1. The van der Waals surface area contributed by atoms with Crippen molar-refractivity contribution in [3.63, 3.8) is 0 Å². The van der Waals surface area contributed by atoms with Gasteiger partial charge in [0.25, 0.3) is 5.91 Å². The summed E-state index contributed by atoms with van der Waals surface area (Å²) in [5.41, 5.74) is 5.50. The molecule has 0 spiro atoms. The van der Waals surface area contributed by atoms with Crippen LogP contribution in [0.25, 0.3) is 0 Å². The van der Waals surface area contributed by atoms with E-state index in [9.17, 15) is 4.79 Å². The number of methoxy groups -OCH3 is 1. The van der Waals surface area contributed by atoms with Crippen LogP contribution in [0.15, 0.2) is 0 Å². The molecule has 0 aliphatic carbocycles. The Morgan fingerprint density at radius 1 is 1.44 bits per heavy atom. The topological polar surface area (TPSA) is 58.8 Å². The first-order chi connectivity index (χ1) is 7.51. The summed E-state index contributed by atoms with van der Waals surface area (Å²) in [5.74, 6) is 0.0109. The first-order valence-corrected chi connectivity index (χ1v) is 5.74. The third-order valence-electron chi connectivity index (χ3n) is 3.45. The van der Waals surface area contributed by atoms with Crippen LogP contribution in [0.3, 0.4) is 0 Å². The summed E-state index contributed by atoms with van der Waals surface area (Å²) in [6.45, 7) is 5.99. The molecule has 1 aliphatic heterocycles. The summed E-state index contributed by atoms with van der Waals surface area (Å²) in [5, 5.41) is 0. The van der Waals surface area contributed by atoms with Gasteiger partial charge in [0.1, 0.15) is 6.10 Å². The Balaban J connectivity index is 2.64. The number of piperazine rings is 1. The van der Waals surface area contributed by atoms with Gasteiger partial charge in [-0.3, -0.25) is 9.69 Å². The van der Waals surface area contributed by atoms with Crippen molar-refractivity contribution in [2.24, 2.45) is 5.73 Å². The van der Waals surface area contributed by atoms with E-state index in [1.165, 1.54) is 7.11 Å². The number of ether oxygens (including phenoxy) is 1. The lowest BCUT2D eigenvalue weighted by molar-refractivity contribution is -0.145. The van der Waals surface area contributed by atoms with E-state index >= 15 is 0 Å². The maximum Gasteiger partial charge on any atom is 0.253 e. The lowest BCUT2D eigenvalue weighted by atomic mass is 10.1. The SMILES string of the molecule is COC(CN)C(=O)N1CC(C)N(C)C(C)C1. The summed E-state index contributed by atoms with van der Waals surface area (Å²) in [7, 11) is 3.62. The molecule has 1 rings (SSSR count). The summed E-state index contributed by atoms with van der Waals surface area (Å²) < 4.78 is 5.08. The third kappa shape index (κ3) is 2.72. The first kappa shape index (κ1) is 13.4. The molecule has 0 radical (unpaired) electrons. The summed E-state index contributed by atoms with van der Waals surface area (Å²) in [6, 6.07) is 0.756. The van der Waals surface area contributed by atoms with Gasteiger partial charge in [0.15, 0.2) is 0 Å². The highest BCUT2D eigenvalue weighted by Gasteiger charge is 2.32. The summed E-state index contributed by atoms with van der Waals surface area (Å²) >= 11 is 0. The van der Waals surface area contributed by atoms with Crippen LogP contribution in [-0.4, -0.2) is 67.7 Å². The van der Waals surface area contributed by atoms with E-state index in [1.807, 2.05) is 4.90 Å². The van der Waals surface area contributed by atoms with Gasteiger partial charge in [0.05, 0.1) is 0 Å². The van der Waals surface area contributed by atoms with Crippen molar-refractivity contribution in [1.29, 1.82) is 0 Å². The standard InChI is InChI=1S/C11H23N3O2/c1-8-6-14(7-9(2)13(8)3)11(15)10(5-12)16-4/h8-10H,5-7,12H2,1-4H3. The van der Waals surface area contributed by atoms with Crippen molar-refractivity contribution in [2.75, 3.05) is 33.8 Å². The molecule has 94 valence electrons. The third-order valence-corrected chi connectivity index (χ3v) is 3.45. The lowest BCUT2D eigenvalue weighted by Crippen LogP contribution is -2.58. The number of likely N-dealkylation sites (N-methyl/N-ethyl adjacent to an activating group) is 1. The van der Waals surface area contributed by atoms with Gasteiger partial charge in [0, 0.05) is 38.8 Å². The molecule has 0 saturated carbocycles. The minimum Gasteiger partial charge on any atom is -0.370 e. The van der Waals surface area contributed by atoms with E-state index in [0.717, 1.165) is 13.1 Å². The molecule has 1 fully saturated rings. The van der Waals surface area contributed by atoms with Crippen molar-refractivity contribution in [3.05, 3.63) is 0 Å². The second-order valence-electron chi connectivity index (χ2n) is 4.57. The molecule has 0 aromatic carbocycles. The zero-order chi connectivity index (χ0) is 12.3. The molecule has 3 atom stereocenters. The quantitative estimate of drug-likeness (QED) is 0.709. The van der Waals surface area contributed by atoms with E-state index in [4.69, 9.17) is 10.5 Å².